The first-order valence-electron chi connectivity index (χ1n) is 20.6. The summed E-state index contributed by atoms with van der Waals surface area (Å²) in [4.78, 5) is 63.9. The Bertz CT molecular complexity index is 2170. The maximum atomic E-state index is 16.3. The van der Waals surface area contributed by atoms with Crippen LogP contribution in [0.4, 0.5) is 31.1 Å². The minimum Gasteiger partial charge on any atom is -0.471 e. The van der Waals surface area contributed by atoms with Gasteiger partial charge in [0.15, 0.2) is 5.69 Å². The van der Waals surface area contributed by atoms with Gasteiger partial charge in [-0.25, -0.2) is 32.0 Å². The van der Waals surface area contributed by atoms with Crippen LogP contribution in [0.3, 0.4) is 0 Å². The van der Waals surface area contributed by atoms with Gasteiger partial charge in [0, 0.05) is 18.4 Å². The highest BCUT2D eigenvalue weighted by atomic mass is 32.2. The molecule has 4 fully saturated rings. The third-order valence-corrected chi connectivity index (χ3v) is 14.5. The molecular weight excluding hydrogens is 855 g/mol. The number of sulfonamides is 1. The molecule has 4 N–H and O–H groups in total. The van der Waals surface area contributed by atoms with E-state index >= 15 is 8.78 Å². The second-order valence-corrected chi connectivity index (χ2v) is 20.4. The zero-order valence-corrected chi connectivity index (χ0v) is 35.7. The number of carbonyl (C=O) groups excluding carboxylic acids is 3. The van der Waals surface area contributed by atoms with Gasteiger partial charge in [0.25, 0.3) is 11.8 Å². The average molecular weight is 907 g/mol. The molecule has 1 aromatic carbocycles. The molecule has 3 saturated carbocycles. The van der Waals surface area contributed by atoms with Gasteiger partial charge in [-0.05, 0) is 62.5 Å². The SMILES string of the molecule is CC[C@@H]1[C@@H](Oc2nc3cc(OC(F)F)ccc3nc2C(F)(F)CCCCC2CC2)CN(C(=O)[C@@H](NC(=O)O)C(C)(C)C)[C@@H]1C(=O)N[C@]1(C(=O)NS(=O)(=O)C2(C)CC2)C[C@H]1C(F)F. The number of aromatic nitrogens is 2. The van der Waals surface area contributed by atoms with E-state index in [1.54, 1.807) is 6.92 Å². The number of hydrogen-bond donors (Lipinski definition) is 4. The largest absolute Gasteiger partial charge is 0.471 e. The van der Waals surface area contributed by atoms with Crippen LogP contribution in [0.25, 0.3) is 11.0 Å². The topological polar surface area (TPSA) is 206 Å². The third kappa shape index (κ3) is 9.93. The molecule has 6 atom stereocenters. The molecule has 1 aliphatic heterocycles. The number of nitrogens with zero attached hydrogens (tertiary/aromatic N) is 3. The van der Waals surface area contributed by atoms with Gasteiger partial charge in [-0.3, -0.25) is 19.1 Å². The molecule has 1 aromatic heterocycles. The fourth-order valence-electron chi connectivity index (χ4n) is 8.08. The van der Waals surface area contributed by atoms with Crippen molar-refractivity contribution in [3.05, 3.63) is 23.9 Å². The highest BCUT2D eigenvalue weighted by Gasteiger charge is 2.68. The summed E-state index contributed by atoms with van der Waals surface area (Å²) in [6, 6.07) is 0.0156. The molecule has 344 valence electrons. The van der Waals surface area contributed by atoms with Gasteiger partial charge in [0.1, 0.15) is 29.5 Å². The number of nitrogens with one attached hydrogen (secondary N) is 3. The molecule has 22 heteroatoms. The average Bonchev–Trinajstić information content (AvgIpc) is 4.10. The Balaban J connectivity index is 1.39. The standard InChI is InChI=1S/C40H52F6N6O9S/c1-6-22-26(61-32-28(40(45,46)14-8-7-9-20-10-11-20)47-24-13-12-21(60-35(43)44)17-25(24)48-32)19-52(33(54)29(37(2,3)4)49-36(56)57)27(22)31(53)50-39(18-23(39)30(41)42)34(55)51-62(58,59)38(5)15-16-38/h12-13,17,20,22-23,26-27,29-30,35,49H,6-11,14-16,18-19H2,1-5H3,(H,50,53)(H,51,55)(H,56,57)/t22-,23+,26+,27+,29-,39-/m1/s1. The fourth-order valence-corrected chi connectivity index (χ4v) is 9.39. The molecule has 4 amide bonds. The van der Waals surface area contributed by atoms with Crippen LogP contribution in [0, 0.1) is 23.2 Å². The van der Waals surface area contributed by atoms with Gasteiger partial charge in [-0.2, -0.15) is 17.6 Å². The first-order chi connectivity index (χ1) is 28.8. The van der Waals surface area contributed by atoms with Crippen molar-refractivity contribution in [2.24, 2.45) is 23.2 Å². The van der Waals surface area contributed by atoms with Crippen molar-refractivity contribution in [3.8, 4) is 11.6 Å². The van der Waals surface area contributed by atoms with E-state index in [4.69, 9.17) is 4.74 Å². The van der Waals surface area contributed by atoms with Crippen molar-refractivity contribution in [2.45, 2.75) is 146 Å². The van der Waals surface area contributed by atoms with Crippen LogP contribution in [0.2, 0.25) is 0 Å². The van der Waals surface area contributed by atoms with E-state index in [-0.39, 0.29) is 42.5 Å². The molecule has 0 spiro atoms. The number of amides is 4. The molecule has 62 heavy (non-hydrogen) atoms. The highest BCUT2D eigenvalue weighted by molar-refractivity contribution is 7.91. The number of fused-ring (bicyclic) bond motifs is 1. The van der Waals surface area contributed by atoms with E-state index in [1.807, 2.05) is 4.72 Å². The summed E-state index contributed by atoms with van der Waals surface area (Å²) in [6.07, 6.45) is -3.76. The second-order valence-electron chi connectivity index (χ2n) is 18.2. The van der Waals surface area contributed by atoms with E-state index in [9.17, 15) is 50.3 Å². The van der Waals surface area contributed by atoms with Crippen LogP contribution in [0.1, 0.15) is 105 Å². The van der Waals surface area contributed by atoms with Crippen molar-refractivity contribution < 1.29 is 68.5 Å². The fraction of sp³-hybridized carbons (Fsp3) is 0.700. The number of halogens is 6. The zero-order chi connectivity index (χ0) is 45.7. The number of likely N-dealkylation sites (tertiary alicyclic amines) is 1. The number of hydrogen-bond acceptors (Lipinski definition) is 10. The third-order valence-electron chi connectivity index (χ3n) is 12.4. The van der Waals surface area contributed by atoms with Crippen molar-refractivity contribution in [3.63, 3.8) is 0 Å². The van der Waals surface area contributed by atoms with Crippen molar-refractivity contribution in [1.82, 2.24) is 30.2 Å². The van der Waals surface area contributed by atoms with Gasteiger partial charge in [0.2, 0.25) is 34.1 Å². The maximum absolute atomic E-state index is 16.3. The Labute approximate surface area is 354 Å². The zero-order valence-electron chi connectivity index (χ0n) is 34.9. The Morgan fingerprint density at radius 3 is 2.26 bits per heavy atom. The highest BCUT2D eigenvalue weighted by Crippen LogP contribution is 2.50. The molecule has 1 saturated heterocycles. The molecule has 2 aromatic rings. The summed E-state index contributed by atoms with van der Waals surface area (Å²) in [6.45, 7) is 3.66. The maximum Gasteiger partial charge on any atom is 0.405 e. The molecule has 6 rings (SSSR count). The molecule has 3 aliphatic carbocycles. The van der Waals surface area contributed by atoms with Gasteiger partial charge in [-0.1, -0.05) is 53.4 Å². The van der Waals surface area contributed by atoms with E-state index in [1.165, 1.54) is 27.7 Å². The minimum atomic E-state index is -4.37. The first-order valence-corrected chi connectivity index (χ1v) is 22.1. The molecule has 2 heterocycles. The number of carboxylic acid groups (broad SMARTS) is 1. The van der Waals surface area contributed by atoms with Crippen LogP contribution in [-0.4, -0.2) is 100 Å². The lowest BCUT2D eigenvalue weighted by molar-refractivity contribution is -0.143. The molecule has 0 bridgehead atoms. The van der Waals surface area contributed by atoms with Gasteiger partial charge in [0.05, 0.1) is 28.2 Å². The second kappa shape index (κ2) is 17.2. The van der Waals surface area contributed by atoms with Crippen molar-refractivity contribution >= 4 is 44.9 Å². The summed E-state index contributed by atoms with van der Waals surface area (Å²) >= 11 is 0. The van der Waals surface area contributed by atoms with Crippen molar-refractivity contribution in [2.75, 3.05) is 6.54 Å². The van der Waals surface area contributed by atoms with E-state index in [2.05, 4.69) is 25.3 Å². The normalized spacial score (nSPS) is 25.1. The Kier molecular flexibility index (Phi) is 13.0. The molecule has 0 unspecified atom stereocenters. The van der Waals surface area contributed by atoms with Crippen LogP contribution in [0.15, 0.2) is 18.2 Å². The number of benzene rings is 1. The van der Waals surface area contributed by atoms with Gasteiger partial charge < -0.3 is 30.1 Å². The summed E-state index contributed by atoms with van der Waals surface area (Å²) in [5, 5.41) is 14.1. The summed E-state index contributed by atoms with van der Waals surface area (Å²) in [7, 11) is -4.37. The monoisotopic (exact) mass is 906 g/mol. The van der Waals surface area contributed by atoms with Crippen LogP contribution >= 0.6 is 0 Å². The lowest BCUT2D eigenvalue weighted by Crippen LogP contribution is -2.61. The predicted molar refractivity (Wildman–Crippen MR) is 209 cm³/mol. The number of unbranched alkanes of at least 4 members (excludes halogenated alkanes) is 1. The number of rotatable bonds is 19. The van der Waals surface area contributed by atoms with Crippen LogP contribution in [0.5, 0.6) is 11.6 Å². The lowest BCUT2D eigenvalue weighted by Gasteiger charge is -2.35. The smallest absolute Gasteiger partial charge is 0.405 e. The molecule has 15 nitrogen and oxygen atoms in total. The molecular formula is C40H52F6N6O9S. The molecule has 4 aliphatic rings. The van der Waals surface area contributed by atoms with Gasteiger partial charge in [-0.15, -0.1) is 0 Å². The Hall–Kier alpha value is -4.63. The van der Waals surface area contributed by atoms with Crippen molar-refractivity contribution in [1.29, 1.82) is 0 Å². The van der Waals surface area contributed by atoms with E-state index < -0.39 is 129 Å². The summed E-state index contributed by atoms with van der Waals surface area (Å²) < 4.78 is 125. The number of carbonyl (C=O) groups is 4. The number of alkyl halides is 6. The number of ether oxygens (including phenoxy) is 2. The quantitative estimate of drug-likeness (QED) is 0.0937. The summed E-state index contributed by atoms with van der Waals surface area (Å²) in [5.74, 6) is -10.9. The Morgan fingerprint density at radius 2 is 1.71 bits per heavy atom. The van der Waals surface area contributed by atoms with Crippen LogP contribution in [-0.2, 0) is 30.3 Å². The molecule has 0 radical (unpaired) electrons. The lowest BCUT2D eigenvalue weighted by atomic mass is 9.85. The minimum absolute atomic E-state index is 0.0659. The van der Waals surface area contributed by atoms with Gasteiger partial charge >= 0.3 is 12.7 Å². The first kappa shape index (κ1) is 46.9. The predicted octanol–water partition coefficient (Wildman–Crippen LogP) is 6.10. The van der Waals surface area contributed by atoms with Crippen LogP contribution < -0.4 is 24.8 Å². The van der Waals surface area contributed by atoms with E-state index in [0.29, 0.717) is 12.3 Å². The summed E-state index contributed by atoms with van der Waals surface area (Å²) in [5.41, 5.74) is -4.81. The van der Waals surface area contributed by atoms with E-state index in [0.717, 1.165) is 42.4 Å². The Morgan fingerprint density at radius 1 is 1.03 bits per heavy atom.